The Balaban J connectivity index is 1.42. The van der Waals surface area contributed by atoms with Gasteiger partial charge in [0.1, 0.15) is 18.3 Å². The number of esters is 4. The van der Waals surface area contributed by atoms with E-state index < -0.39 is 121 Å². The highest BCUT2D eigenvalue weighted by Gasteiger charge is 2.75. The van der Waals surface area contributed by atoms with E-state index in [9.17, 15) is 34.2 Å². The Morgan fingerprint density at radius 2 is 1.43 bits per heavy atom. The summed E-state index contributed by atoms with van der Waals surface area (Å²) in [5.41, 5.74) is -5.68. The normalized spacial score (nSPS) is 30.0. The summed E-state index contributed by atoms with van der Waals surface area (Å²) >= 11 is 0. The zero-order valence-corrected chi connectivity index (χ0v) is 42.5. The van der Waals surface area contributed by atoms with Gasteiger partial charge in [-0.1, -0.05) is 101 Å². The lowest BCUT2D eigenvalue weighted by Gasteiger charge is -2.64. The summed E-state index contributed by atoms with van der Waals surface area (Å²) in [5, 5.41) is 28.4. The van der Waals surface area contributed by atoms with Gasteiger partial charge in [-0.25, -0.2) is 9.59 Å². The maximum absolute atomic E-state index is 16.5. The van der Waals surface area contributed by atoms with Gasteiger partial charge in [-0.2, -0.15) is 0 Å². The monoisotopic (exact) mass is 985 g/mol. The lowest BCUT2D eigenvalue weighted by molar-refractivity contribution is -0.330. The Kier molecular flexibility index (Phi) is 15.2. The van der Waals surface area contributed by atoms with Crippen molar-refractivity contribution in [3.8, 4) is 0 Å². The van der Waals surface area contributed by atoms with Crippen LogP contribution in [0.5, 0.6) is 0 Å². The van der Waals surface area contributed by atoms with Crippen molar-refractivity contribution in [2.75, 3.05) is 6.61 Å². The van der Waals surface area contributed by atoms with Crippen LogP contribution in [0.25, 0.3) is 0 Å². The summed E-state index contributed by atoms with van der Waals surface area (Å²) in [7, 11) is -2.63. The SMILES string of the molecule is CC[Si](CC)(CC)O[C@H]1C[C@H]2OC[C@@]2(OC(C)=O)[C@H]2[C@H](OC(=O)c3ccccc3)C[C@]3(O)C[C@H](O[14C](=O)[14C@H](O)[C@@H](NC(=O)c4ccccc4)c4ccccc4)C(C)=C([C@@H](OC(C)=O)C(=O)[C@]12C)C3(C)C. The Morgan fingerprint density at radius 3 is 1.96 bits per heavy atom. The number of aliphatic hydroxyl groups excluding tert-OH is 1. The average Bonchev–Trinajstić information content (AvgIpc) is 3.34. The third-order valence-corrected chi connectivity index (χ3v) is 20.7. The molecule has 4 aliphatic rings. The van der Waals surface area contributed by atoms with Crippen LogP contribution in [0.3, 0.4) is 0 Å². The number of Topliss-reactive ketones (excluding diaryl/α,β-unsaturated/α-hetero) is 1. The summed E-state index contributed by atoms with van der Waals surface area (Å²) in [6.45, 7) is 15.1. The van der Waals surface area contributed by atoms with Crippen molar-refractivity contribution in [1.29, 1.82) is 0 Å². The molecule has 16 heteroatoms. The number of ketones is 1. The fraction of sp³-hybridized carbons (Fsp3) is 0.519. The quantitative estimate of drug-likeness (QED) is 0.0598. The number of hydrogen-bond donors (Lipinski definition) is 3. The number of carbonyl (C=O) groups excluding carboxylic acids is 6. The molecular weight excluding hydrogens is 919 g/mol. The van der Waals surface area contributed by atoms with Crippen LogP contribution in [0.4, 0.5) is 0 Å². The summed E-state index contributed by atoms with van der Waals surface area (Å²) in [6.07, 6.45) is -9.00. The summed E-state index contributed by atoms with van der Waals surface area (Å²) in [6, 6.07) is 25.7. The van der Waals surface area contributed by atoms with E-state index in [2.05, 4.69) is 26.1 Å². The summed E-state index contributed by atoms with van der Waals surface area (Å²) < 4.78 is 39.0. The van der Waals surface area contributed by atoms with Crippen molar-refractivity contribution in [2.45, 2.75) is 154 Å². The molecule has 3 aromatic rings. The molecule has 15 nitrogen and oxygen atoms in total. The number of rotatable bonds is 15. The lowest BCUT2D eigenvalue weighted by Crippen LogP contribution is -2.78. The van der Waals surface area contributed by atoms with Gasteiger partial charge in [0.15, 0.2) is 31.9 Å². The highest BCUT2D eigenvalue weighted by molar-refractivity contribution is 6.73. The van der Waals surface area contributed by atoms with Crippen molar-refractivity contribution in [3.63, 3.8) is 0 Å². The number of ether oxygens (including phenoxy) is 5. The van der Waals surface area contributed by atoms with E-state index >= 15 is 4.79 Å². The molecule has 2 saturated carbocycles. The van der Waals surface area contributed by atoms with Gasteiger partial charge in [0.25, 0.3) is 5.91 Å². The average molecular weight is 986 g/mol. The molecule has 0 spiro atoms. The first-order valence-electron chi connectivity index (χ1n) is 24.3. The largest absolute Gasteiger partial charge is 0.458 e. The number of aliphatic hydroxyl groups is 2. The number of nitrogens with one attached hydrogen (secondary N) is 1. The maximum Gasteiger partial charge on any atom is 0.338 e. The second kappa shape index (κ2) is 20.3. The molecule has 1 saturated heterocycles. The standard InChI is InChI=1S/C54H67NO14Si/c1-10-70(11-2,12-3)69-40-28-41-54(31-64-41,68-34(6)57)46-39(67-49(61)37-26-20-15-21-27-37)30-53(63)29-38(32(4)42(51(53,7)8)45(65-33(5)56)47(59)52(40,46)9)66-50(62)44(58)43(35-22-16-13-17-23-35)55-48(60)36-24-18-14-19-25-36/h13-27,38-41,43-46,58,63H,10-12,28-31H2,1-9H3,(H,55,60)/t38-,39+,40-,41+,43-,44+,45+,46-,52+,53+,54-/m0/s1/i44+2,50+2. The Morgan fingerprint density at radius 1 is 0.857 bits per heavy atom. The Labute approximate surface area is 410 Å². The van der Waals surface area contributed by atoms with Crippen molar-refractivity contribution in [1.82, 2.24) is 5.32 Å². The second-order valence-corrected chi connectivity index (χ2v) is 24.8. The van der Waals surface area contributed by atoms with Gasteiger partial charge >= 0.3 is 23.9 Å². The van der Waals surface area contributed by atoms with E-state index in [4.69, 9.17) is 28.1 Å². The number of hydrogen-bond acceptors (Lipinski definition) is 14. The van der Waals surface area contributed by atoms with Gasteiger partial charge in [-0.3, -0.25) is 19.2 Å². The van der Waals surface area contributed by atoms with E-state index in [1.807, 2.05) is 0 Å². The zero-order valence-electron chi connectivity index (χ0n) is 41.5. The van der Waals surface area contributed by atoms with Crippen LogP contribution in [0.15, 0.2) is 102 Å². The van der Waals surface area contributed by atoms with Crippen molar-refractivity contribution in [3.05, 3.63) is 119 Å². The molecular formula is C54H67NO14Si. The summed E-state index contributed by atoms with van der Waals surface area (Å²) in [5.74, 6) is -5.94. The fourth-order valence-electron chi connectivity index (χ4n) is 11.8. The van der Waals surface area contributed by atoms with Crippen LogP contribution in [-0.4, -0.2) is 109 Å². The first kappa shape index (κ1) is 52.3. The topological polar surface area (TPSA) is 210 Å². The minimum atomic E-state index is -2.63. The van der Waals surface area contributed by atoms with Crippen molar-refractivity contribution >= 4 is 43.9 Å². The van der Waals surface area contributed by atoms with Gasteiger partial charge < -0.3 is 43.6 Å². The predicted molar refractivity (Wildman–Crippen MR) is 258 cm³/mol. The minimum absolute atomic E-state index is 0.0973. The molecule has 3 N–H and O–H groups in total. The molecule has 0 aromatic heterocycles. The number of carbonyl (C=O) groups is 6. The van der Waals surface area contributed by atoms with Crippen molar-refractivity contribution < 1.29 is 67.1 Å². The van der Waals surface area contributed by atoms with Crippen molar-refractivity contribution in [2.24, 2.45) is 16.7 Å². The fourth-order valence-corrected chi connectivity index (χ4v) is 14.8. The highest BCUT2D eigenvalue weighted by atomic mass is 28.4. The van der Waals surface area contributed by atoms with Crippen LogP contribution in [0, 0.1) is 16.7 Å². The molecule has 70 heavy (non-hydrogen) atoms. The van der Waals surface area contributed by atoms with E-state index in [1.54, 1.807) is 119 Å². The molecule has 2 bridgehead atoms. The van der Waals surface area contributed by atoms with Crippen LogP contribution in [0.1, 0.15) is 114 Å². The number of fused-ring (bicyclic) bond motifs is 5. The molecule has 1 heterocycles. The summed E-state index contributed by atoms with van der Waals surface area (Å²) in [4.78, 5) is 85.9. The van der Waals surface area contributed by atoms with Crippen LogP contribution in [0.2, 0.25) is 18.1 Å². The smallest absolute Gasteiger partial charge is 0.338 e. The van der Waals surface area contributed by atoms with E-state index in [1.165, 1.54) is 6.92 Å². The highest BCUT2D eigenvalue weighted by Crippen LogP contribution is 2.63. The molecule has 11 atom stereocenters. The lowest BCUT2D eigenvalue weighted by atomic mass is 9.52. The Hall–Kier alpha value is -5.52. The van der Waals surface area contributed by atoms with Gasteiger partial charge in [0.2, 0.25) is 0 Å². The molecule has 0 unspecified atom stereocenters. The number of benzene rings is 3. The first-order chi connectivity index (χ1) is 33.1. The van der Waals surface area contributed by atoms with E-state index in [0.717, 1.165) is 6.92 Å². The molecule has 1 amide bonds. The zero-order chi connectivity index (χ0) is 51.0. The molecule has 1 aliphatic heterocycles. The first-order valence-corrected chi connectivity index (χ1v) is 26.8. The molecule has 7 rings (SSSR count). The Bertz CT molecular complexity index is 2470. The minimum Gasteiger partial charge on any atom is -0.458 e. The van der Waals surface area contributed by atoms with Crippen LogP contribution >= 0.6 is 0 Å². The maximum atomic E-state index is 16.5. The van der Waals surface area contributed by atoms with Gasteiger partial charge in [0, 0.05) is 44.1 Å². The van der Waals surface area contributed by atoms with Crippen LogP contribution < -0.4 is 5.32 Å². The molecule has 0 radical (unpaired) electrons. The van der Waals surface area contributed by atoms with Crippen LogP contribution in [-0.2, 0) is 47.3 Å². The molecule has 3 aromatic carbocycles. The third-order valence-electron chi connectivity index (χ3n) is 16.0. The van der Waals surface area contributed by atoms with Gasteiger partial charge in [-0.05, 0) is 73.0 Å². The van der Waals surface area contributed by atoms with Gasteiger partial charge in [-0.15, -0.1) is 0 Å². The molecule has 3 aliphatic carbocycles. The third kappa shape index (κ3) is 9.40. The predicted octanol–water partition coefficient (Wildman–Crippen LogP) is 7.16. The van der Waals surface area contributed by atoms with E-state index in [0.29, 0.717) is 23.7 Å². The van der Waals surface area contributed by atoms with E-state index in [-0.39, 0.29) is 41.7 Å². The number of amides is 1. The second-order valence-electron chi connectivity index (χ2n) is 20.1. The molecule has 3 fully saturated rings. The molecule has 376 valence electrons. The van der Waals surface area contributed by atoms with Gasteiger partial charge in [0.05, 0.1) is 41.3 Å².